The first kappa shape index (κ1) is 15.0. The quantitative estimate of drug-likeness (QED) is 0.842. The molecule has 1 heterocycles. The van der Waals surface area contributed by atoms with Crippen LogP contribution >= 0.6 is 11.3 Å². The smallest absolute Gasteiger partial charge is 0.212 e. The van der Waals surface area contributed by atoms with Crippen molar-refractivity contribution in [1.82, 2.24) is 4.72 Å². The topological polar surface area (TPSA) is 72.2 Å². The van der Waals surface area contributed by atoms with Crippen molar-refractivity contribution in [3.8, 4) is 0 Å². The molecule has 0 atom stereocenters. The molecule has 1 aliphatic rings. The average Bonchev–Trinajstić information content (AvgIpc) is 2.89. The van der Waals surface area contributed by atoms with Gasteiger partial charge in [0.25, 0.3) is 0 Å². The van der Waals surface area contributed by atoms with E-state index in [2.05, 4.69) is 4.72 Å². The Labute approximate surface area is 119 Å². The van der Waals surface area contributed by atoms with Crippen molar-refractivity contribution in [2.45, 2.75) is 44.1 Å². The Hall–Kier alpha value is -0.430. The Morgan fingerprint density at radius 1 is 1.32 bits per heavy atom. The molecule has 0 saturated heterocycles. The lowest BCUT2D eigenvalue weighted by atomic mass is 9.83. The summed E-state index contributed by atoms with van der Waals surface area (Å²) in [5.74, 6) is 0.142. The summed E-state index contributed by atoms with van der Waals surface area (Å²) >= 11 is 1.59. The lowest BCUT2D eigenvalue weighted by molar-refractivity contribution is 0.296. The molecule has 0 aromatic carbocycles. The molecule has 0 aliphatic heterocycles. The van der Waals surface area contributed by atoms with E-state index < -0.39 is 10.0 Å². The third kappa shape index (κ3) is 4.87. The second-order valence-corrected chi connectivity index (χ2v) is 8.35. The highest BCUT2D eigenvalue weighted by atomic mass is 32.2. The molecule has 108 valence electrons. The summed E-state index contributed by atoms with van der Waals surface area (Å²) in [5, 5.41) is 1.96. The molecule has 0 unspecified atom stereocenters. The van der Waals surface area contributed by atoms with Crippen molar-refractivity contribution in [3.05, 3.63) is 22.4 Å². The minimum Gasteiger partial charge on any atom is -0.324 e. The minimum absolute atomic E-state index is 0.142. The number of nitrogens with one attached hydrogen (secondary N) is 1. The predicted octanol–water partition coefficient (Wildman–Crippen LogP) is 1.87. The van der Waals surface area contributed by atoms with Crippen LogP contribution in [-0.2, 0) is 16.4 Å². The van der Waals surface area contributed by atoms with E-state index in [1.807, 2.05) is 17.5 Å². The second-order valence-electron chi connectivity index (χ2n) is 5.39. The van der Waals surface area contributed by atoms with Crippen LogP contribution in [0.3, 0.4) is 0 Å². The fourth-order valence-corrected chi connectivity index (χ4v) is 4.43. The summed E-state index contributed by atoms with van der Waals surface area (Å²) in [6.07, 6.45) is 5.83. The fraction of sp³-hybridized carbons (Fsp3) is 0.692. The molecule has 0 bridgehead atoms. The van der Waals surface area contributed by atoms with E-state index in [1.54, 1.807) is 11.3 Å². The van der Waals surface area contributed by atoms with Crippen molar-refractivity contribution >= 4 is 21.4 Å². The largest absolute Gasteiger partial charge is 0.324 e. The lowest BCUT2D eigenvalue weighted by Gasteiger charge is -2.33. The van der Waals surface area contributed by atoms with Crippen LogP contribution in [0.1, 0.15) is 37.0 Å². The first-order chi connectivity index (χ1) is 8.99. The summed E-state index contributed by atoms with van der Waals surface area (Å²) in [7, 11) is -3.22. The normalized spacial score (nSPS) is 19.4. The molecule has 0 spiro atoms. The van der Waals surface area contributed by atoms with Gasteiger partial charge in [0, 0.05) is 17.0 Å². The van der Waals surface area contributed by atoms with Gasteiger partial charge >= 0.3 is 0 Å². The van der Waals surface area contributed by atoms with Gasteiger partial charge in [-0.1, -0.05) is 25.3 Å². The van der Waals surface area contributed by atoms with Crippen LogP contribution in [-0.4, -0.2) is 26.3 Å². The highest BCUT2D eigenvalue weighted by molar-refractivity contribution is 7.89. The molecule has 0 radical (unpaired) electrons. The number of thiophene rings is 1. The van der Waals surface area contributed by atoms with Gasteiger partial charge in [-0.05, 0) is 30.7 Å². The van der Waals surface area contributed by atoms with E-state index in [-0.39, 0.29) is 11.3 Å². The number of hydrogen-bond donors (Lipinski definition) is 2. The third-order valence-electron chi connectivity index (χ3n) is 3.69. The lowest BCUT2D eigenvalue weighted by Crippen LogP contribution is -2.51. The maximum Gasteiger partial charge on any atom is 0.212 e. The number of hydrogen-bond acceptors (Lipinski definition) is 4. The third-order valence-corrected chi connectivity index (χ3v) is 5.95. The average molecular weight is 302 g/mol. The number of rotatable bonds is 6. The van der Waals surface area contributed by atoms with Gasteiger partial charge in [-0.3, -0.25) is 0 Å². The van der Waals surface area contributed by atoms with Gasteiger partial charge in [0.2, 0.25) is 10.0 Å². The molecule has 19 heavy (non-hydrogen) atoms. The van der Waals surface area contributed by atoms with Gasteiger partial charge in [-0.25, -0.2) is 13.1 Å². The van der Waals surface area contributed by atoms with Crippen molar-refractivity contribution in [1.29, 1.82) is 0 Å². The Morgan fingerprint density at radius 3 is 2.68 bits per heavy atom. The Kier molecular flexibility index (Phi) is 5.00. The number of nitrogens with two attached hydrogens (primary N) is 1. The predicted molar refractivity (Wildman–Crippen MR) is 79.8 cm³/mol. The second kappa shape index (κ2) is 6.35. The van der Waals surface area contributed by atoms with E-state index in [0.29, 0.717) is 13.0 Å². The zero-order valence-corrected chi connectivity index (χ0v) is 12.7. The van der Waals surface area contributed by atoms with E-state index in [0.717, 1.165) is 30.6 Å². The molecule has 0 amide bonds. The minimum atomic E-state index is -3.22. The summed E-state index contributed by atoms with van der Waals surface area (Å²) in [5.41, 5.74) is 5.89. The van der Waals surface area contributed by atoms with Crippen LogP contribution in [0.4, 0.5) is 0 Å². The summed E-state index contributed by atoms with van der Waals surface area (Å²) in [4.78, 5) is 1.10. The standard InChI is InChI=1S/C13H22N2O2S2/c14-13(7-2-1-3-8-13)11-15-19(16,17)10-6-12-5-4-9-18-12/h4-5,9,15H,1-3,6-8,10-11,14H2. The molecule has 1 saturated carbocycles. The van der Waals surface area contributed by atoms with Crippen molar-refractivity contribution in [2.75, 3.05) is 12.3 Å². The van der Waals surface area contributed by atoms with Gasteiger partial charge < -0.3 is 5.73 Å². The number of aryl methyl sites for hydroxylation is 1. The molecule has 2 rings (SSSR count). The van der Waals surface area contributed by atoms with Gasteiger partial charge in [0.15, 0.2) is 0 Å². The molecule has 6 heteroatoms. The van der Waals surface area contributed by atoms with E-state index in [9.17, 15) is 8.42 Å². The van der Waals surface area contributed by atoms with Crippen molar-refractivity contribution < 1.29 is 8.42 Å². The molecule has 1 aliphatic carbocycles. The molecule has 4 nitrogen and oxygen atoms in total. The summed E-state index contributed by atoms with van der Waals surface area (Å²) in [6.45, 7) is 0.375. The molecule has 3 N–H and O–H groups in total. The summed E-state index contributed by atoms with van der Waals surface area (Å²) in [6, 6.07) is 3.91. The van der Waals surface area contributed by atoms with Crippen LogP contribution < -0.4 is 10.5 Å². The molecule has 1 aromatic heterocycles. The van der Waals surface area contributed by atoms with Crippen LogP contribution in [0.2, 0.25) is 0 Å². The molecular formula is C13H22N2O2S2. The first-order valence-electron chi connectivity index (χ1n) is 6.78. The summed E-state index contributed by atoms with van der Waals surface area (Å²) < 4.78 is 26.6. The van der Waals surface area contributed by atoms with Crippen LogP contribution in [0.15, 0.2) is 17.5 Å². The van der Waals surface area contributed by atoms with Crippen molar-refractivity contribution in [3.63, 3.8) is 0 Å². The van der Waals surface area contributed by atoms with E-state index in [4.69, 9.17) is 5.73 Å². The first-order valence-corrected chi connectivity index (χ1v) is 9.31. The highest BCUT2D eigenvalue weighted by Gasteiger charge is 2.28. The van der Waals surface area contributed by atoms with E-state index in [1.165, 1.54) is 6.42 Å². The van der Waals surface area contributed by atoms with Crippen molar-refractivity contribution in [2.24, 2.45) is 5.73 Å². The maximum atomic E-state index is 11.9. The highest BCUT2D eigenvalue weighted by Crippen LogP contribution is 2.25. The zero-order chi connectivity index (χ0) is 13.8. The van der Waals surface area contributed by atoms with Gasteiger partial charge in [0.1, 0.15) is 0 Å². The van der Waals surface area contributed by atoms with Gasteiger partial charge in [0.05, 0.1) is 5.75 Å². The molecular weight excluding hydrogens is 280 g/mol. The Balaban J connectivity index is 1.80. The monoisotopic (exact) mass is 302 g/mol. The van der Waals surface area contributed by atoms with Crippen LogP contribution in [0.5, 0.6) is 0 Å². The van der Waals surface area contributed by atoms with E-state index >= 15 is 0 Å². The maximum absolute atomic E-state index is 11.9. The van der Waals surface area contributed by atoms with Gasteiger partial charge in [-0.15, -0.1) is 11.3 Å². The number of sulfonamides is 1. The van der Waals surface area contributed by atoms with Gasteiger partial charge in [-0.2, -0.15) is 0 Å². The molecule has 1 aromatic rings. The SMILES string of the molecule is NC1(CNS(=O)(=O)CCc2cccs2)CCCCC1. The molecule has 1 fully saturated rings. The fourth-order valence-electron chi connectivity index (χ4n) is 2.45. The van der Waals surface area contributed by atoms with Crippen LogP contribution in [0.25, 0.3) is 0 Å². The Morgan fingerprint density at radius 2 is 2.05 bits per heavy atom. The zero-order valence-electron chi connectivity index (χ0n) is 11.1. The Bertz CT molecular complexity index is 477. The van der Waals surface area contributed by atoms with Crippen LogP contribution in [0, 0.1) is 0 Å².